The molecule has 1 aliphatic rings. The number of aromatic carboxylic acids is 1. The van der Waals surface area contributed by atoms with Crippen LogP contribution in [0.1, 0.15) is 36.0 Å². The molecule has 0 atom stereocenters. The zero-order chi connectivity index (χ0) is 14.0. The second-order valence-corrected chi connectivity index (χ2v) is 6.55. The smallest absolute Gasteiger partial charge is 0.335 e. The summed E-state index contributed by atoms with van der Waals surface area (Å²) in [5.74, 6) is -1.46. The minimum Gasteiger partial charge on any atom is -0.506 e. The SMILES string of the molecule is O=C(O)c1ccc(O)c(NS(=O)(=O)C2CCCC2)c1. The highest BCUT2D eigenvalue weighted by Crippen LogP contribution is 2.30. The summed E-state index contributed by atoms with van der Waals surface area (Å²) in [4.78, 5) is 10.8. The highest BCUT2D eigenvalue weighted by Gasteiger charge is 2.29. The molecule has 1 fully saturated rings. The van der Waals surface area contributed by atoms with Crippen LogP contribution in [0.15, 0.2) is 18.2 Å². The second kappa shape index (κ2) is 5.08. The number of nitrogens with one attached hydrogen (secondary N) is 1. The van der Waals surface area contributed by atoms with E-state index in [0.717, 1.165) is 25.0 Å². The van der Waals surface area contributed by atoms with E-state index in [1.165, 1.54) is 6.07 Å². The molecule has 0 saturated heterocycles. The van der Waals surface area contributed by atoms with Crippen LogP contribution in [0.3, 0.4) is 0 Å². The first-order valence-electron chi connectivity index (χ1n) is 5.98. The van der Waals surface area contributed by atoms with Crippen molar-refractivity contribution in [3.63, 3.8) is 0 Å². The standard InChI is InChI=1S/C12H15NO5S/c14-11-6-5-8(12(15)16)7-10(11)13-19(17,18)9-3-1-2-4-9/h5-7,9,13-14H,1-4H2,(H,15,16). The molecule has 1 saturated carbocycles. The van der Waals surface area contributed by atoms with Gasteiger partial charge in [0.25, 0.3) is 0 Å². The molecule has 0 radical (unpaired) electrons. The van der Waals surface area contributed by atoms with Crippen molar-refractivity contribution in [2.75, 3.05) is 4.72 Å². The van der Waals surface area contributed by atoms with Crippen LogP contribution in [0.5, 0.6) is 5.75 Å². The molecule has 0 unspecified atom stereocenters. The summed E-state index contributed by atoms with van der Waals surface area (Å²) in [5.41, 5.74) is -0.172. The molecule has 0 bridgehead atoms. The molecule has 0 heterocycles. The molecule has 104 valence electrons. The quantitative estimate of drug-likeness (QED) is 0.731. The fourth-order valence-electron chi connectivity index (χ4n) is 2.19. The maximum Gasteiger partial charge on any atom is 0.335 e. The van der Waals surface area contributed by atoms with E-state index in [4.69, 9.17) is 5.11 Å². The normalized spacial score (nSPS) is 16.4. The van der Waals surface area contributed by atoms with Gasteiger partial charge in [0.2, 0.25) is 10.0 Å². The summed E-state index contributed by atoms with van der Waals surface area (Å²) in [7, 11) is -3.58. The van der Waals surface area contributed by atoms with E-state index in [0.29, 0.717) is 12.8 Å². The van der Waals surface area contributed by atoms with Crippen molar-refractivity contribution in [2.45, 2.75) is 30.9 Å². The Kier molecular flexibility index (Phi) is 3.66. The Labute approximate surface area is 111 Å². The minimum atomic E-state index is -3.58. The van der Waals surface area contributed by atoms with Crippen LogP contribution in [0.2, 0.25) is 0 Å². The van der Waals surface area contributed by atoms with Gasteiger partial charge in [0.15, 0.2) is 0 Å². The van der Waals surface area contributed by atoms with E-state index in [1.54, 1.807) is 0 Å². The number of hydrogen-bond acceptors (Lipinski definition) is 4. The molecule has 1 aromatic carbocycles. The molecule has 0 spiro atoms. The number of benzene rings is 1. The van der Waals surface area contributed by atoms with Crippen LogP contribution in [0.4, 0.5) is 5.69 Å². The lowest BCUT2D eigenvalue weighted by atomic mass is 10.2. The monoisotopic (exact) mass is 285 g/mol. The molecule has 0 aliphatic heterocycles. The lowest BCUT2D eigenvalue weighted by Crippen LogP contribution is -2.25. The molecular weight excluding hydrogens is 270 g/mol. The van der Waals surface area contributed by atoms with Gasteiger partial charge in [0, 0.05) is 0 Å². The van der Waals surface area contributed by atoms with E-state index in [1.807, 2.05) is 0 Å². The topological polar surface area (TPSA) is 104 Å². The number of carbonyl (C=O) groups is 1. The van der Waals surface area contributed by atoms with Crippen molar-refractivity contribution in [1.29, 1.82) is 0 Å². The number of anilines is 1. The third-order valence-corrected chi connectivity index (χ3v) is 5.09. The first-order valence-corrected chi connectivity index (χ1v) is 7.53. The Hall–Kier alpha value is -1.76. The Balaban J connectivity index is 2.27. The summed E-state index contributed by atoms with van der Waals surface area (Å²) >= 11 is 0. The molecule has 2 rings (SSSR count). The van der Waals surface area contributed by atoms with E-state index in [-0.39, 0.29) is 17.0 Å². The first kappa shape index (κ1) is 13.7. The van der Waals surface area contributed by atoms with Crippen molar-refractivity contribution in [3.05, 3.63) is 23.8 Å². The minimum absolute atomic E-state index is 0.0816. The number of hydrogen-bond donors (Lipinski definition) is 3. The highest BCUT2D eigenvalue weighted by molar-refractivity contribution is 7.93. The van der Waals surface area contributed by atoms with E-state index >= 15 is 0 Å². The van der Waals surface area contributed by atoms with Gasteiger partial charge in [-0.05, 0) is 31.0 Å². The van der Waals surface area contributed by atoms with Crippen LogP contribution in [0.25, 0.3) is 0 Å². The van der Waals surface area contributed by atoms with Gasteiger partial charge in [-0.2, -0.15) is 0 Å². The number of sulfonamides is 1. The Morgan fingerprint density at radius 1 is 1.26 bits per heavy atom. The zero-order valence-corrected chi connectivity index (χ0v) is 11.0. The number of phenols is 1. The Morgan fingerprint density at radius 3 is 2.47 bits per heavy atom. The lowest BCUT2D eigenvalue weighted by molar-refractivity contribution is 0.0697. The van der Waals surface area contributed by atoms with Crippen LogP contribution in [-0.2, 0) is 10.0 Å². The molecule has 6 nitrogen and oxygen atoms in total. The highest BCUT2D eigenvalue weighted by atomic mass is 32.2. The second-order valence-electron chi connectivity index (χ2n) is 4.59. The average molecular weight is 285 g/mol. The molecule has 0 amide bonds. The van der Waals surface area contributed by atoms with Crippen LogP contribution >= 0.6 is 0 Å². The maximum atomic E-state index is 12.1. The van der Waals surface area contributed by atoms with Crippen LogP contribution in [0, 0.1) is 0 Å². The molecule has 1 aromatic rings. The summed E-state index contributed by atoms with van der Waals surface area (Å²) < 4.78 is 26.4. The van der Waals surface area contributed by atoms with E-state index in [2.05, 4.69) is 4.72 Å². The van der Waals surface area contributed by atoms with Gasteiger partial charge in [-0.1, -0.05) is 12.8 Å². The van der Waals surface area contributed by atoms with Gasteiger partial charge < -0.3 is 10.2 Å². The summed E-state index contributed by atoms with van der Waals surface area (Å²) in [6, 6.07) is 3.49. The fraction of sp³-hybridized carbons (Fsp3) is 0.417. The number of carboxylic acids is 1. The Morgan fingerprint density at radius 2 is 1.89 bits per heavy atom. The van der Waals surface area contributed by atoms with Gasteiger partial charge in [-0.25, -0.2) is 13.2 Å². The molecule has 1 aliphatic carbocycles. The van der Waals surface area contributed by atoms with E-state index < -0.39 is 21.2 Å². The van der Waals surface area contributed by atoms with Crippen molar-refractivity contribution >= 4 is 21.7 Å². The number of aromatic hydroxyl groups is 1. The summed E-state index contributed by atoms with van der Waals surface area (Å²) in [6.07, 6.45) is 2.92. The third-order valence-electron chi connectivity index (χ3n) is 3.24. The molecule has 7 heteroatoms. The van der Waals surface area contributed by atoms with Gasteiger partial charge in [0.05, 0.1) is 16.5 Å². The zero-order valence-electron chi connectivity index (χ0n) is 10.2. The van der Waals surface area contributed by atoms with Crippen molar-refractivity contribution in [2.24, 2.45) is 0 Å². The van der Waals surface area contributed by atoms with E-state index in [9.17, 15) is 18.3 Å². The largest absolute Gasteiger partial charge is 0.506 e. The molecule has 19 heavy (non-hydrogen) atoms. The first-order chi connectivity index (χ1) is 8.90. The summed E-state index contributed by atoms with van der Waals surface area (Å²) in [5, 5.41) is 18.0. The van der Waals surface area contributed by atoms with Gasteiger partial charge in [0.1, 0.15) is 5.75 Å². The van der Waals surface area contributed by atoms with Gasteiger partial charge >= 0.3 is 5.97 Å². The predicted octanol–water partition coefficient (Wildman–Crippen LogP) is 1.77. The molecular formula is C12H15NO5S. The maximum absolute atomic E-state index is 12.1. The average Bonchev–Trinajstić information content (AvgIpc) is 2.85. The van der Waals surface area contributed by atoms with Gasteiger partial charge in [-0.3, -0.25) is 4.72 Å². The van der Waals surface area contributed by atoms with Crippen molar-refractivity contribution < 1.29 is 23.4 Å². The number of phenolic OH excluding ortho intramolecular Hbond substituents is 1. The van der Waals surface area contributed by atoms with Crippen LogP contribution in [-0.4, -0.2) is 29.9 Å². The Bertz CT molecular complexity index is 590. The number of carboxylic acid groups (broad SMARTS) is 1. The number of rotatable bonds is 4. The van der Waals surface area contributed by atoms with Gasteiger partial charge in [-0.15, -0.1) is 0 Å². The molecule has 0 aromatic heterocycles. The van der Waals surface area contributed by atoms with Crippen molar-refractivity contribution in [1.82, 2.24) is 0 Å². The molecule has 3 N–H and O–H groups in total. The third kappa shape index (κ3) is 2.98. The van der Waals surface area contributed by atoms with Crippen molar-refractivity contribution in [3.8, 4) is 5.75 Å². The lowest BCUT2D eigenvalue weighted by Gasteiger charge is -2.14. The summed E-state index contributed by atoms with van der Waals surface area (Å²) in [6.45, 7) is 0. The van der Waals surface area contributed by atoms with Crippen LogP contribution < -0.4 is 4.72 Å². The fourth-order valence-corrected chi connectivity index (χ4v) is 3.78. The predicted molar refractivity (Wildman–Crippen MR) is 69.9 cm³/mol.